The number of carbonyl (C=O) groups is 2. The van der Waals surface area contributed by atoms with Crippen molar-refractivity contribution in [3.63, 3.8) is 0 Å². The van der Waals surface area contributed by atoms with Crippen LogP contribution in [-0.2, 0) is 4.79 Å². The Bertz CT molecular complexity index is 980. The number of allylic oxidation sites excluding steroid dienone is 1. The number of carbonyl (C=O) groups excluding carboxylic acids is 1. The van der Waals surface area contributed by atoms with Gasteiger partial charge in [-0.2, -0.15) is 17.7 Å². The molecule has 0 spiro atoms. The van der Waals surface area contributed by atoms with Gasteiger partial charge in [-0.25, -0.2) is 10.3 Å². The predicted octanol–water partition coefficient (Wildman–Crippen LogP) is 5.25. The minimum absolute atomic E-state index is 0.0218. The fourth-order valence-corrected chi connectivity index (χ4v) is 3.94. The number of halogens is 1. The lowest BCUT2D eigenvalue weighted by Gasteiger charge is -2.15. The molecule has 1 aliphatic carbocycles. The van der Waals surface area contributed by atoms with Gasteiger partial charge in [0.05, 0.1) is 5.70 Å². The van der Waals surface area contributed by atoms with Crippen LogP contribution in [0.2, 0.25) is 5.02 Å². The maximum Gasteiger partial charge on any atom is 0.339 e. The average molecular weight is 420 g/mol. The van der Waals surface area contributed by atoms with Crippen molar-refractivity contribution in [1.82, 2.24) is 0 Å². The first kappa shape index (κ1) is 19.3. The highest BCUT2D eigenvalue weighted by Crippen LogP contribution is 2.36. The van der Waals surface area contributed by atoms with Crippen molar-refractivity contribution in [2.75, 3.05) is 5.32 Å². The van der Waals surface area contributed by atoms with E-state index in [1.807, 2.05) is 0 Å². The molecule has 0 fully saturated rings. The van der Waals surface area contributed by atoms with Gasteiger partial charge < -0.3 is 10.4 Å². The summed E-state index contributed by atoms with van der Waals surface area (Å²) >= 11 is 11.3. The van der Waals surface area contributed by atoms with Crippen LogP contribution in [0.3, 0.4) is 0 Å². The van der Waals surface area contributed by atoms with Crippen molar-refractivity contribution in [2.24, 2.45) is 5.11 Å². The van der Waals surface area contributed by atoms with Gasteiger partial charge in [0.1, 0.15) is 10.6 Å². The van der Waals surface area contributed by atoms with E-state index in [2.05, 4.69) is 23.1 Å². The van der Waals surface area contributed by atoms with Crippen LogP contribution < -0.4 is 5.32 Å². The van der Waals surface area contributed by atoms with Crippen molar-refractivity contribution in [3.05, 3.63) is 63.7 Å². The Balaban J connectivity index is 1.91. The number of hydrogen-bond acceptors (Lipinski definition) is 6. The topological polar surface area (TPSA) is 103 Å². The number of rotatable bonds is 5. The molecular formula is C18H14ClN3O3S2. The van der Waals surface area contributed by atoms with Gasteiger partial charge in [-0.05, 0) is 30.2 Å². The Hall–Kier alpha value is -2.42. The maximum absolute atomic E-state index is 12.5. The molecule has 2 aromatic rings. The Morgan fingerprint density at radius 2 is 2.04 bits per heavy atom. The largest absolute Gasteiger partial charge is 0.478 e. The van der Waals surface area contributed by atoms with Crippen LogP contribution in [0.15, 0.2) is 58.2 Å². The number of carboxylic acid groups (broad SMARTS) is 1. The Kier molecular flexibility index (Phi) is 5.79. The summed E-state index contributed by atoms with van der Waals surface area (Å²) in [6.45, 7) is 0. The zero-order chi connectivity index (χ0) is 19.6. The number of nitrogens with zero attached hydrogens (tertiary/aromatic N) is 1. The predicted molar refractivity (Wildman–Crippen MR) is 109 cm³/mol. The molecule has 6 nitrogen and oxygen atoms in total. The molecule has 0 saturated carbocycles. The smallest absolute Gasteiger partial charge is 0.339 e. The number of thiophene rings is 1. The van der Waals surface area contributed by atoms with Gasteiger partial charge in [0.25, 0.3) is 5.91 Å². The van der Waals surface area contributed by atoms with Crippen LogP contribution in [-0.4, -0.2) is 22.2 Å². The number of aromatic carboxylic acids is 1. The highest BCUT2D eigenvalue weighted by molar-refractivity contribution is 7.81. The minimum Gasteiger partial charge on any atom is -0.478 e. The highest BCUT2D eigenvalue weighted by atomic mass is 35.5. The van der Waals surface area contributed by atoms with E-state index in [0.29, 0.717) is 33.8 Å². The van der Waals surface area contributed by atoms with Crippen molar-refractivity contribution in [3.8, 4) is 11.1 Å². The molecule has 3 rings (SSSR count). The molecule has 1 aromatic carbocycles. The third-order valence-corrected chi connectivity index (χ3v) is 5.61. The second-order valence-corrected chi connectivity index (χ2v) is 7.65. The van der Waals surface area contributed by atoms with E-state index in [1.165, 1.54) is 6.08 Å². The number of thiol groups is 1. The lowest BCUT2D eigenvalue weighted by atomic mass is 10.0. The fraction of sp³-hybridized carbons (Fsp3) is 0.111. The summed E-state index contributed by atoms with van der Waals surface area (Å²) in [6.07, 6.45) is 3.64. The number of carboxylic acids is 1. The second-order valence-electron chi connectivity index (χ2n) is 5.71. The summed E-state index contributed by atoms with van der Waals surface area (Å²) in [6, 6.07) is 6.80. The standard InChI is InChI=1S/C18H14ClN3O3S2/c19-11-4-1-9(2-5-11)12-8-27-17(15(12)18(24)25)21-16(23)10-3-6-14(26)13(7-10)22-20/h1-5,7-8,14,20,26H,6H2,(H,21,23)(H,24,25). The Morgan fingerprint density at radius 1 is 1.33 bits per heavy atom. The van der Waals surface area contributed by atoms with Gasteiger partial charge in [-0.1, -0.05) is 29.8 Å². The number of hydrogen-bond donors (Lipinski definition) is 4. The molecular weight excluding hydrogens is 406 g/mol. The van der Waals surface area contributed by atoms with Crippen LogP contribution >= 0.6 is 35.6 Å². The molecule has 0 aliphatic heterocycles. The van der Waals surface area contributed by atoms with Crippen LogP contribution in [0.5, 0.6) is 0 Å². The minimum atomic E-state index is -1.14. The first-order chi connectivity index (χ1) is 12.9. The van der Waals surface area contributed by atoms with Gasteiger partial charge in [0, 0.05) is 26.8 Å². The van der Waals surface area contributed by atoms with E-state index in [4.69, 9.17) is 17.1 Å². The van der Waals surface area contributed by atoms with Crippen molar-refractivity contribution < 1.29 is 14.7 Å². The number of amides is 1. The van der Waals surface area contributed by atoms with Gasteiger partial charge in [-0.15, -0.1) is 11.3 Å². The van der Waals surface area contributed by atoms with Crippen molar-refractivity contribution >= 4 is 52.4 Å². The van der Waals surface area contributed by atoms with Gasteiger partial charge in [0.15, 0.2) is 0 Å². The molecule has 0 bridgehead atoms. The first-order valence-corrected chi connectivity index (χ1v) is 9.57. The molecule has 1 heterocycles. The molecule has 0 radical (unpaired) electrons. The van der Waals surface area contributed by atoms with Gasteiger partial charge in [0.2, 0.25) is 0 Å². The molecule has 1 aliphatic rings. The van der Waals surface area contributed by atoms with Crippen LogP contribution in [0.25, 0.3) is 11.1 Å². The SMILES string of the molecule is N=NC1=CC(C(=O)Nc2scc(-c3ccc(Cl)cc3)c2C(=O)O)=CCC1S. The molecule has 9 heteroatoms. The summed E-state index contributed by atoms with van der Waals surface area (Å²) < 4.78 is 0. The summed E-state index contributed by atoms with van der Waals surface area (Å²) in [5.74, 6) is -1.59. The zero-order valence-electron chi connectivity index (χ0n) is 13.8. The number of nitrogens with one attached hydrogen (secondary N) is 2. The number of benzene rings is 1. The van der Waals surface area contributed by atoms with Gasteiger partial charge >= 0.3 is 5.97 Å². The van der Waals surface area contributed by atoms with Crippen molar-refractivity contribution in [2.45, 2.75) is 11.7 Å². The average Bonchev–Trinajstić information content (AvgIpc) is 3.06. The van der Waals surface area contributed by atoms with E-state index >= 15 is 0 Å². The van der Waals surface area contributed by atoms with E-state index in [1.54, 1.807) is 35.7 Å². The Morgan fingerprint density at radius 3 is 2.67 bits per heavy atom. The van der Waals surface area contributed by atoms with E-state index in [0.717, 1.165) is 11.3 Å². The van der Waals surface area contributed by atoms with E-state index < -0.39 is 11.9 Å². The molecule has 138 valence electrons. The zero-order valence-corrected chi connectivity index (χ0v) is 16.2. The highest BCUT2D eigenvalue weighted by Gasteiger charge is 2.23. The maximum atomic E-state index is 12.5. The van der Waals surface area contributed by atoms with E-state index in [9.17, 15) is 14.7 Å². The van der Waals surface area contributed by atoms with E-state index in [-0.39, 0.29) is 15.8 Å². The third-order valence-electron chi connectivity index (χ3n) is 3.98. The number of anilines is 1. The molecule has 1 atom stereocenters. The quantitative estimate of drug-likeness (QED) is 0.393. The molecule has 3 N–H and O–H groups in total. The summed E-state index contributed by atoms with van der Waals surface area (Å²) in [5, 5.41) is 17.9. The monoisotopic (exact) mass is 419 g/mol. The first-order valence-electron chi connectivity index (χ1n) is 7.80. The third kappa shape index (κ3) is 4.13. The summed E-state index contributed by atoms with van der Waals surface area (Å²) in [4.78, 5) is 24.3. The lowest BCUT2D eigenvalue weighted by Crippen LogP contribution is -2.18. The summed E-state index contributed by atoms with van der Waals surface area (Å²) in [7, 11) is 0. The summed E-state index contributed by atoms with van der Waals surface area (Å²) in [5.41, 5.74) is 9.08. The Labute approximate surface area is 169 Å². The normalized spacial score (nSPS) is 16.3. The van der Waals surface area contributed by atoms with Crippen molar-refractivity contribution in [1.29, 1.82) is 5.53 Å². The second kappa shape index (κ2) is 8.08. The molecule has 1 aromatic heterocycles. The molecule has 1 unspecified atom stereocenters. The molecule has 27 heavy (non-hydrogen) atoms. The lowest BCUT2D eigenvalue weighted by molar-refractivity contribution is -0.112. The van der Waals surface area contributed by atoms with Crippen LogP contribution in [0.1, 0.15) is 16.8 Å². The van der Waals surface area contributed by atoms with Gasteiger partial charge in [-0.3, -0.25) is 4.79 Å². The molecule has 1 amide bonds. The van der Waals surface area contributed by atoms with Crippen LogP contribution in [0, 0.1) is 5.53 Å². The fourth-order valence-electron chi connectivity index (χ4n) is 2.62. The molecule has 0 saturated heterocycles. The van der Waals surface area contributed by atoms with Crippen LogP contribution in [0.4, 0.5) is 5.00 Å².